The van der Waals surface area contributed by atoms with Crippen molar-refractivity contribution in [3.05, 3.63) is 41.3 Å². The van der Waals surface area contributed by atoms with Gasteiger partial charge in [0.05, 0.1) is 10.5 Å². The number of sulfonamides is 1. The third-order valence-electron chi connectivity index (χ3n) is 3.48. The molecule has 0 saturated carbocycles. The molecule has 4 heterocycles. The predicted octanol–water partition coefficient (Wildman–Crippen LogP) is 2.53. The molecule has 4 rings (SSSR count). The van der Waals surface area contributed by atoms with Crippen LogP contribution < -0.4 is 10.5 Å². The van der Waals surface area contributed by atoms with Crippen LogP contribution in [0.15, 0.2) is 44.1 Å². The number of thiophene rings is 1. The van der Waals surface area contributed by atoms with Gasteiger partial charge >= 0.3 is 0 Å². The molecule has 132 valence electrons. The lowest BCUT2D eigenvalue weighted by molar-refractivity contribution is -0.115. The van der Waals surface area contributed by atoms with Crippen LogP contribution >= 0.6 is 23.1 Å². The zero-order chi connectivity index (χ0) is 18.5. The first-order valence-electron chi connectivity index (χ1n) is 7.07. The number of pyridine rings is 1. The zero-order valence-electron chi connectivity index (χ0n) is 12.8. The molecule has 0 spiro atoms. The Morgan fingerprint density at radius 3 is 2.69 bits per heavy atom. The lowest BCUT2D eigenvalue weighted by Crippen LogP contribution is -2.17. The van der Waals surface area contributed by atoms with Crippen molar-refractivity contribution >= 4 is 61.3 Å². The fourth-order valence-corrected chi connectivity index (χ4v) is 4.80. The summed E-state index contributed by atoms with van der Waals surface area (Å²) < 4.78 is 28.8. The maximum absolute atomic E-state index is 11.6. The second-order valence-electron chi connectivity index (χ2n) is 5.27. The van der Waals surface area contributed by atoms with Gasteiger partial charge in [-0.1, -0.05) is 0 Å². The molecule has 1 fully saturated rings. The van der Waals surface area contributed by atoms with Gasteiger partial charge in [0.2, 0.25) is 10.0 Å². The summed E-state index contributed by atoms with van der Waals surface area (Å²) in [5, 5.41) is 7.56. The largest absolute Gasteiger partial charge is 0.456 e. The molecular weight excluding hydrogens is 398 g/mol. The van der Waals surface area contributed by atoms with Crippen LogP contribution in [-0.4, -0.2) is 24.5 Å². The molecule has 1 aliphatic rings. The predicted molar refractivity (Wildman–Crippen MR) is 97.8 cm³/mol. The minimum absolute atomic E-state index is 0.0379. The van der Waals surface area contributed by atoms with Crippen molar-refractivity contribution in [1.82, 2.24) is 10.3 Å². The van der Waals surface area contributed by atoms with Gasteiger partial charge in [-0.05, 0) is 30.0 Å². The quantitative estimate of drug-likeness (QED) is 0.638. The molecule has 0 radical (unpaired) electrons. The van der Waals surface area contributed by atoms with Crippen LogP contribution in [0, 0.1) is 0 Å². The number of nitrogens with one attached hydrogen (secondary N) is 1. The smallest absolute Gasteiger partial charge is 0.290 e. The molecule has 3 aromatic rings. The Bertz CT molecular complexity index is 1210. The number of hydrogen-bond donors (Lipinski definition) is 2. The number of carbonyl (C=O) groups excluding carboxylic acids is 2. The van der Waals surface area contributed by atoms with Crippen molar-refractivity contribution in [3.63, 3.8) is 0 Å². The van der Waals surface area contributed by atoms with E-state index in [1.165, 1.54) is 12.1 Å². The Kier molecular flexibility index (Phi) is 3.95. The van der Waals surface area contributed by atoms with Gasteiger partial charge in [-0.3, -0.25) is 19.9 Å². The van der Waals surface area contributed by atoms with Crippen molar-refractivity contribution in [3.8, 4) is 10.4 Å². The first kappa shape index (κ1) is 17.0. The Hall–Kier alpha value is -2.47. The fraction of sp³-hybridized carbons (Fsp3) is 0. The Balaban J connectivity index is 1.79. The fourth-order valence-electron chi connectivity index (χ4n) is 2.40. The van der Waals surface area contributed by atoms with Crippen LogP contribution in [0.3, 0.4) is 0 Å². The summed E-state index contributed by atoms with van der Waals surface area (Å²) in [4.78, 5) is 27.9. The van der Waals surface area contributed by atoms with Crippen LogP contribution in [-0.2, 0) is 14.8 Å². The second-order valence-corrected chi connectivity index (χ2v) is 9.16. The van der Waals surface area contributed by atoms with Gasteiger partial charge in [-0.2, -0.15) is 0 Å². The molecule has 8 nitrogen and oxygen atoms in total. The average Bonchev–Trinajstić information content (AvgIpc) is 3.25. The number of nitrogens with two attached hydrogens (primary N) is 1. The van der Waals surface area contributed by atoms with Crippen LogP contribution in [0.5, 0.6) is 0 Å². The van der Waals surface area contributed by atoms with E-state index in [1.807, 2.05) is 0 Å². The first-order valence-corrected chi connectivity index (χ1v) is 10.2. The molecule has 0 aromatic carbocycles. The van der Waals surface area contributed by atoms with Crippen LogP contribution in [0.2, 0.25) is 0 Å². The number of amides is 2. The van der Waals surface area contributed by atoms with Gasteiger partial charge in [0.15, 0.2) is 0 Å². The number of fused-ring (bicyclic) bond motifs is 1. The lowest BCUT2D eigenvalue weighted by Gasteiger charge is -1.98. The molecule has 0 atom stereocenters. The summed E-state index contributed by atoms with van der Waals surface area (Å²) in [7, 11) is -3.79. The van der Waals surface area contributed by atoms with Crippen LogP contribution in [0.25, 0.3) is 27.5 Å². The van der Waals surface area contributed by atoms with Gasteiger partial charge in [0, 0.05) is 28.7 Å². The molecular formula is C15H9N3O5S3. The molecule has 0 aliphatic carbocycles. The van der Waals surface area contributed by atoms with E-state index in [1.54, 1.807) is 24.5 Å². The van der Waals surface area contributed by atoms with Crippen molar-refractivity contribution in [1.29, 1.82) is 0 Å². The molecule has 26 heavy (non-hydrogen) atoms. The minimum Gasteiger partial charge on any atom is -0.456 e. The van der Waals surface area contributed by atoms with Gasteiger partial charge in [-0.15, -0.1) is 11.3 Å². The van der Waals surface area contributed by atoms with E-state index < -0.39 is 21.2 Å². The minimum atomic E-state index is -3.79. The summed E-state index contributed by atoms with van der Waals surface area (Å²) in [5.74, 6) is -0.0975. The maximum atomic E-state index is 11.6. The molecule has 0 unspecified atom stereocenters. The monoisotopic (exact) mass is 407 g/mol. The zero-order valence-corrected chi connectivity index (χ0v) is 15.2. The van der Waals surface area contributed by atoms with E-state index in [0.717, 1.165) is 23.1 Å². The van der Waals surface area contributed by atoms with Crippen molar-refractivity contribution in [2.24, 2.45) is 5.14 Å². The number of imide groups is 1. The normalized spacial score (nSPS) is 16.6. The van der Waals surface area contributed by atoms with E-state index in [9.17, 15) is 18.0 Å². The number of rotatable bonds is 3. The highest BCUT2D eigenvalue weighted by Crippen LogP contribution is 2.36. The Labute approximate surface area is 155 Å². The highest BCUT2D eigenvalue weighted by molar-refractivity contribution is 8.18. The summed E-state index contributed by atoms with van der Waals surface area (Å²) in [6.07, 6.45) is 4.62. The summed E-state index contributed by atoms with van der Waals surface area (Å²) in [6, 6.07) is 4.73. The van der Waals surface area contributed by atoms with Crippen LogP contribution in [0.1, 0.15) is 5.76 Å². The molecule has 11 heteroatoms. The number of aromatic nitrogens is 1. The molecule has 1 aliphatic heterocycles. The molecule has 0 bridgehead atoms. The van der Waals surface area contributed by atoms with Crippen molar-refractivity contribution < 1.29 is 22.4 Å². The molecule has 3 aromatic heterocycles. The van der Waals surface area contributed by atoms with E-state index in [-0.39, 0.29) is 9.11 Å². The summed E-state index contributed by atoms with van der Waals surface area (Å²) >= 11 is 1.80. The molecule has 3 N–H and O–H groups in total. The van der Waals surface area contributed by atoms with Gasteiger partial charge in [0.1, 0.15) is 15.6 Å². The Morgan fingerprint density at radius 2 is 2.04 bits per heavy atom. The maximum Gasteiger partial charge on any atom is 0.290 e. The molecule has 2 amide bonds. The van der Waals surface area contributed by atoms with E-state index in [4.69, 9.17) is 9.56 Å². The van der Waals surface area contributed by atoms with E-state index in [0.29, 0.717) is 27.2 Å². The van der Waals surface area contributed by atoms with E-state index in [2.05, 4.69) is 10.3 Å². The summed E-state index contributed by atoms with van der Waals surface area (Å²) in [5.41, 5.74) is 1.09. The standard InChI is InChI=1S/C15H9N3O5S3/c16-26(21,22)12-2-1-10(24-12)9-6-17-5-7-3-8(23-13(7)9)4-11-14(19)18-15(20)25-11/h1-6H,(H2,16,21,22)(H,18,19,20)/b11-4-. The number of nitrogens with zero attached hydrogens (tertiary/aromatic N) is 1. The molecule has 1 saturated heterocycles. The highest BCUT2D eigenvalue weighted by atomic mass is 32.2. The van der Waals surface area contributed by atoms with Crippen molar-refractivity contribution in [2.45, 2.75) is 4.21 Å². The number of hydrogen-bond acceptors (Lipinski definition) is 8. The topological polar surface area (TPSA) is 132 Å². The number of furan rings is 1. The van der Waals surface area contributed by atoms with Gasteiger partial charge < -0.3 is 4.42 Å². The van der Waals surface area contributed by atoms with Crippen molar-refractivity contribution in [2.75, 3.05) is 0 Å². The first-order chi connectivity index (χ1) is 12.3. The lowest BCUT2D eigenvalue weighted by atomic mass is 10.2. The third kappa shape index (κ3) is 3.05. The number of carbonyl (C=O) groups is 2. The average molecular weight is 407 g/mol. The van der Waals surface area contributed by atoms with Gasteiger partial charge in [-0.25, -0.2) is 13.6 Å². The van der Waals surface area contributed by atoms with Crippen LogP contribution in [0.4, 0.5) is 4.79 Å². The summed E-state index contributed by atoms with van der Waals surface area (Å²) in [6.45, 7) is 0. The third-order valence-corrected chi connectivity index (χ3v) is 6.85. The SMILES string of the molecule is NS(=O)(=O)c1ccc(-c2cncc3cc(/C=C4\SC(=O)NC4=O)oc23)s1. The number of primary sulfonamides is 1. The number of thioether (sulfide) groups is 1. The van der Waals surface area contributed by atoms with E-state index >= 15 is 0 Å². The highest BCUT2D eigenvalue weighted by Gasteiger charge is 2.25. The Morgan fingerprint density at radius 1 is 1.23 bits per heavy atom. The van der Waals surface area contributed by atoms with Gasteiger partial charge in [0.25, 0.3) is 11.1 Å². The second kappa shape index (κ2) is 6.06.